The Labute approximate surface area is 114 Å². The van der Waals surface area contributed by atoms with Gasteiger partial charge in [0.15, 0.2) is 9.84 Å². The van der Waals surface area contributed by atoms with Gasteiger partial charge >= 0.3 is 0 Å². The Morgan fingerprint density at radius 3 is 2.37 bits per heavy atom. The van der Waals surface area contributed by atoms with Gasteiger partial charge < -0.3 is 10.5 Å². The van der Waals surface area contributed by atoms with Gasteiger partial charge in [0.25, 0.3) is 0 Å². The van der Waals surface area contributed by atoms with Crippen molar-refractivity contribution in [2.45, 2.75) is 6.54 Å². The van der Waals surface area contributed by atoms with Crippen molar-refractivity contribution in [3.05, 3.63) is 29.8 Å². The molecule has 2 rings (SSSR count). The zero-order chi connectivity index (χ0) is 13.7. The molecule has 0 atom stereocenters. The molecule has 1 aliphatic heterocycles. The van der Waals surface area contributed by atoms with Crippen LogP contribution in [-0.2, 0) is 16.4 Å². The van der Waals surface area contributed by atoms with Gasteiger partial charge in [0.2, 0.25) is 0 Å². The molecule has 0 saturated carbocycles. The summed E-state index contributed by atoms with van der Waals surface area (Å²) >= 11 is 0. The summed E-state index contributed by atoms with van der Waals surface area (Å²) in [5.41, 5.74) is 6.60. The van der Waals surface area contributed by atoms with E-state index in [0.29, 0.717) is 26.2 Å². The van der Waals surface area contributed by atoms with E-state index in [2.05, 4.69) is 4.90 Å². The number of hydrogen-bond donors (Lipinski definition) is 1. The van der Waals surface area contributed by atoms with Crippen LogP contribution >= 0.6 is 0 Å². The van der Waals surface area contributed by atoms with Crippen molar-refractivity contribution < 1.29 is 13.2 Å². The quantitative estimate of drug-likeness (QED) is 0.839. The van der Waals surface area contributed by atoms with Crippen molar-refractivity contribution in [2.75, 3.05) is 37.7 Å². The summed E-state index contributed by atoms with van der Waals surface area (Å²) < 4.78 is 28.2. The molecule has 1 aliphatic rings. The molecule has 1 aromatic carbocycles. The molecule has 1 saturated heterocycles. The topological polar surface area (TPSA) is 72.6 Å². The monoisotopic (exact) mass is 284 g/mol. The molecule has 0 aliphatic carbocycles. The Balaban J connectivity index is 1.71. The lowest BCUT2D eigenvalue weighted by atomic mass is 10.2. The lowest BCUT2D eigenvalue weighted by molar-refractivity contribution is 0.219. The van der Waals surface area contributed by atoms with Gasteiger partial charge in [-0.15, -0.1) is 0 Å². The van der Waals surface area contributed by atoms with Crippen molar-refractivity contribution in [1.82, 2.24) is 4.90 Å². The highest BCUT2D eigenvalue weighted by Crippen LogP contribution is 2.12. The van der Waals surface area contributed by atoms with Crippen LogP contribution in [0.15, 0.2) is 24.3 Å². The van der Waals surface area contributed by atoms with E-state index in [4.69, 9.17) is 10.5 Å². The highest BCUT2D eigenvalue weighted by Gasteiger charge is 2.20. The molecule has 1 fully saturated rings. The average molecular weight is 284 g/mol. The SMILES string of the molecule is NCc1ccc(OCCN2CCS(=O)(=O)CC2)cc1. The zero-order valence-electron chi connectivity index (χ0n) is 10.9. The van der Waals surface area contributed by atoms with E-state index in [-0.39, 0.29) is 11.5 Å². The Bertz CT molecular complexity index is 485. The second-order valence-corrected chi connectivity index (χ2v) is 6.99. The second kappa shape index (κ2) is 6.36. The summed E-state index contributed by atoms with van der Waals surface area (Å²) in [5, 5.41) is 0. The number of benzene rings is 1. The van der Waals surface area contributed by atoms with Crippen LogP contribution in [-0.4, -0.2) is 51.1 Å². The van der Waals surface area contributed by atoms with Gasteiger partial charge in [0.05, 0.1) is 11.5 Å². The van der Waals surface area contributed by atoms with Gasteiger partial charge in [-0.05, 0) is 17.7 Å². The minimum Gasteiger partial charge on any atom is -0.492 e. The van der Waals surface area contributed by atoms with Crippen molar-refractivity contribution in [2.24, 2.45) is 5.73 Å². The van der Waals surface area contributed by atoms with Gasteiger partial charge in [-0.25, -0.2) is 8.42 Å². The molecule has 0 aromatic heterocycles. The van der Waals surface area contributed by atoms with Gasteiger partial charge in [-0.3, -0.25) is 4.90 Å². The number of hydrogen-bond acceptors (Lipinski definition) is 5. The van der Waals surface area contributed by atoms with Crippen molar-refractivity contribution in [3.63, 3.8) is 0 Å². The largest absolute Gasteiger partial charge is 0.492 e. The van der Waals surface area contributed by atoms with E-state index in [1.807, 2.05) is 24.3 Å². The smallest absolute Gasteiger partial charge is 0.152 e. The third kappa shape index (κ3) is 4.49. The fourth-order valence-electron chi connectivity index (χ4n) is 1.99. The summed E-state index contributed by atoms with van der Waals surface area (Å²) in [7, 11) is -2.79. The Kier molecular flexibility index (Phi) is 4.79. The van der Waals surface area contributed by atoms with E-state index >= 15 is 0 Å². The van der Waals surface area contributed by atoms with Crippen LogP contribution in [0.1, 0.15) is 5.56 Å². The summed E-state index contributed by atoms with van der Waals surface area (Å²) in [6.45, 7) is 3.08. The minimum absolute atomic E-state index is 0.262. The van der Waals surface area contributed by atoms with Crippen LogP contribution in [0.5, 0.6) is 5.75 Å². The fraction of sp³-hybridized carbons (Fsp3) is 0.538. The molecule has 5 nitrogen and oxygen atoms in total. The number of nitrogens with zero attached hydrogens (tertiary/aromatic N) is 1. The Morgan fingerprint density at radius 2 is 1.79 bits per heavy atom. The minimum atomic E-state index is -2.79. The maximum atomic E-state index is 11.3. The number of sulfone groups is 1. The molecule has 0 unspecified atom stereocenters. The maximum Gasteiger partial charge on any atom is 0.152 e. The molecule has 0 spiro atoms. The van der Waals surface area contributed by atoms with Gasteiger partial charge in [0, 0.05) is 26.2 Å². The summed E-state index contributed by atoms with van der Waals surface area (Å²) in [6, 6.07) is 7.71. The third-order valence-electron chi connectivity index (χ3n) is 3.27. The van der Waals surface area contributed by atoms with E-state index in [1.54, 1.807) is 0 Å². The van der Waals surface area contributed by atoms with Crippen molar-refractivity contribution in [1.29, 1.82) is 0 Å². The summed E-state index contributed by atoms with van der Waals surface area (Å²) in [5.74, 6) is 1.35. The van der Waals surface area contributed by atoms with Crippen molar-refractivity contribution in [3.8, 4) is 5.75 Å². The molecule has 106 valence electrons. The van der Waals surface area contributed by atoms with E-state index < -0.39 is 9.84 Å². The van der Waals surface area contributed by atoms with Crippen LogP contribution in [0.4, 0.5) is 0 Å². The molecular formula is C13H20N2O3S. The van der Waals surface area contributed by atoms with Crippen LogP contribution in [0, 0.1) is 0 Å². The van der Waals surface area contributed by atoms with Gasteiger partial charge in [-0.1, -0.05) is 12.1 Å². The highest BCUT2D eigenvalue weighted by atomic mass is 32.2. The van der Waals surface area contributed by atoms with E-state index in [1.165, 1.54) is 0 Å². The molecule has 6 heteroatoms. The first-order valence-electron chi connectivity index (χ1n) is 6.44. The van der Waals surface area contributed by atoms with E-state index in [0.717, 1.165) is 17.9 Å². The molecular weight excluding hydrogens is 264 g/mol. The van der Waals surface area contributed by atoms with Crippen LogP contribution in [0.25, 0.3) is 0 Å². The fourth-order valence-corrected chi connectivity index (χ4v) is 3.27. The molecule has 0 bridgehead atoms. The van der Waals surface area contributed by atoms with Crippen LogP contribution < -0.4 is 10.5 Å². The molecule has 2 N–H and O–H groups in total. The van der Waals surface area contributed by atoms with Crippen LogP contribution in [0.3, 0.4) is 0 Å². The lowest BCUT2D eigenvalue weighted by Gasteiger charge is -2.26. The first-order chi connectivity index (χ1) is 9.09. The second-order valence-electron chi connectivity index (χ2n) is 4.69. The summed E-state index contributed by atoms with van der Waals surface area (Å²) in [4.78, 5) is 2.12. The molecule has 1 heterocycles. The maximum absolute atomic E-state index is 11.3. The van der Waals surface area contributed by atoms with Gasteiger partial charge in [-0.2, -0.15) is 0 Å². The number of rotatable bonds is 5. The average Bonchev–Trinajstić information content (AvgIpc) is 2.41. The highest BCUT2D eigenvalue weighted by molar-refractivity contribution is 7.91. The van der Waals surface area contributed by atoms with Crippen LogP contribution in [0.2, 0.25) is 0 Å². The molecule has 1 aromatic rings. The molecule has 0 amide bonds. The first kappa shape index (κ1) is 14.3. The van der Waals surface area contributed by atoms with Crippen molar-refractivity contribution >= 4 is 9.84 Å². The standard InChI is InChI=1S/C13H20N2O3S/c14-11-12-1-3-13(4-2-12)18-8-5-15-6-9-19(16,17)10-7-15/h1-4H,5-11,14H2. The number of nitrogens with two attached hydrogens (primary N) is 1. The predicted molar refractivity (Wildman–Crippen MR) is 74.9 cm³/mol. The lowest BCUT2D eigenvalue weighted by Crippen LogP contribution is -2.42. The normalized spacial score (nSPS) is 19.2. The molecule has 0 radical (unpaired) electrons. The Hall–Kier alpha value is -1.11. The number of ether oxygens (including phenoxy) is 1. The first-order valence-corrected chi connectivity index (χ1v) is 8.26. The third-order valence-corrected chi connectivity index (χ3v) is 4.88. The van der Waals surface area contributed by atoms with E-state index in [9.17, 15) is 8.42 Å². The summed E-state index contributed by atoms with van der Waals surface area (Å²) in [6.07, 6.45) is 0. The molecule has 19 heavy (non-hydrogen) atoms. The zero-order valence-corrected chi connectivity index (χ0v) is 11.7. The van der Waals surface area contributed by atoms with Gasteiger partial charge in [0.1, 0.15) is 12.4 Å². The Morgan fingerprint density at radius 1 is 1.16 bits per heavy atom. The predicted octanol–water partition coefficient (Wildman–Crippen LogP) is 0.255.